The first kappa shape index (κ1) is 27.1. The smallest absolute Gasteiger partial charge is 0.239 e. The first-order valence-corrected chi connectivity index (χ1v) is 13.0. The predicted octanol–water partition coefficient (Wildman–Crippen LogP) is -0.705. The number of hydrogen-bond donors (Lipinski definition) is 6. The van der Waals surface area contributed by atoms with Crippen LogP contribution in [0.25, 0.3) is 11.1 Å². The minimum absolute atomic E-state index is 0.00881. The van der Waals surface area contributed by atoms with Gasteiger partial charge in [-0.3, -0.25) is 9.78 Å². The van der Waals surface area contributed by atoms with Crippen LogP contribution < -0.4 is 16.0 Å². The molecule has 3 aliphatic rings. The Kier molecular flexibility index (Phi) is 7.81. The fourth-order valence-corrected chi connectivity index (χ4v) is 5.76. The predicted molar refractivity (Wildman–Crippen MR) is 137 cm³/mol. The van der Waals surface area contributed by atoms with Crippen molar-refractivity contribution in [1.82, 2.24) is 20.9 Å². The number of pyridine rings is 1. The fourth-order valence-electron chi connectivity index (χ4n) is 5.76. The molecule has 2 saturated heterocycles. The molecule has 11 nitrogen and oxygen atoms in total. The van der Waals surface area contributed by atoms with Crippen molar-refractivity contribution in [3.8, 4) is 11.1 Å². The second-order valence-electron chi connectivity index (χ2n) is 10.3. The Labute approximate surface area is 221 Å². The first-order valence-electron chi connectivity index (χ1n) is 13.0. The third-order valence-electron chi connectivity index (χ3n) is 7.76. The lowest BCUT2D eigenvalue weighted by atomic mass is 9.79. The van der Waals surface area contributed by atoms with Gasteiger partial charge in [-0.1, -0.05) is 36.4 Å². The van der Waals surface area contributed by atoms with Crippen LogP contribution in [0.1, 0.15) is 19.0 Å². The highest BCUT2D eigenvalue weighted by atomic mass is 16.8. The highest BCUT2D eigenvalue weighted by Crippen LogP contribution is 2.42. The number of hydrogen-bond acceptors (Lipinski definition) is 10. The first-order chi connectivity index (χ1) is 18.2. The molecule has 3 fully saturated rings. The number of ether oxygens (including phenoxy) is 3. The third-order valence-corrected chi connectivity index (χ3v) is 7.76. The molecular formula is C27H36N4O7. The van der Waals surface area contributed by atoms with Crippen LogP contribution in [0.5, 0.6) is 0 Å². The van der Waals surface area contributed by atoms with Crippen LogP contribution in [0.3, 0.4) is 0 Å². The molecule has 2 aromatic rings. The number of aliphatic hydroxyl groups is 3. The average molecular weight is 529 g/mol. The molecule has 1 amide bonds. The molecule has 1 aromatic carbocycles. The molecule has 3 unspecified atom stereocenters. The lowest BCUT2D eigenvalue weighted by Crippen LogP contribution is -2.79. The highest BCUT2D eigenvalue weighted by Gasteiger charge is 2.63. The number of nitrogens with one attached hydrogen (secondary N) is 3. The summed E-state index contributed by atoms with van der Waals surface area (Å²) < 4.78 is 18.1. The molecule has 206 valence electrons. The molecular weight excluding hydrogens is 492 g/mol. The number of amides is 1. The summed E-state index contributed by atoms with van der Waals surface area (Å²) >= 11 is 0. The molecule has 2 aliphatic heterocycles. The van der Waals surface area contributed by atoms with E-state index in [1.165, 1.54) is 0 Å². The maximum atomic E-state index is 13.0. The van der Waals surface area contributed by atoms with Crippen LogP contribution in [0.15, 0.2) is 48.7 Å². The molecule has 1 aliphatic carbocycles. The maximum absolute atomic E-state index is 13.0. The molecule has 0 bridgehead atoms. The fraction of sp³-hybridized carbons (Fsp3) is 0.556. The number of likely N-dealkylation sites (N-methyl/N-ethyl adjacent to an activating group) is 2. The minimum Gasteiger partial charge on any atom is -0.390 e. The van der Waals surface area contributed by atoms with Crippen molar-refractivity contribution >= 4 is 5.91 Å². The van der Waals surface area contributed by atoms with Gasteiger partial charge in [0.15, 0.2) is 0 Å². The third kappa shape index (κ3) is 4.96. The number of rotatable bonds is 6. The van der Waals surface area contributed by atoms with E-state index >= 15 is 0 Å². The van der Waals surface area contributed by atoms with Gasteiger partial charge in [-0.15, -0.1) is 0 Å². The largest absolute Gasteiger partial charge is 0.390 e. The van der Waals surface area contributed by atoms with Gasteiger partial charge >= 0.3 is 0 Å². The number of carbonyl (C=O) groups excluding carboxylic acids is 1. The van der Waals surface area contributed by atoms with Gasteiger partial charge < -0.3 is 45.5 Å². The standard InChI is InChI=1S/C27H36N4O7/c1-14-11-18(31-19(32)12-17-10-9-16(13-30-17)15-7-5-4-6-8-15)27(35)26(36-14)37-25-23(34)20(28-2)22(33)21(29-3)24(25)38-27/h4-10,13-14,18,20-26,28-29,33-35H,11-12H2,1-3H3,(H,31,32)/t14-,18-,20-,21+,22+,23+,24?,25?,26?,27+/m1/s1. The Bertz CT molecular complexity index is 1110. The lowest BCUT2D eigenvalue weighted by Gasteiger charge is -2.58. The van der Waals surface area contributed by atoms with E-state index < -0.39 is 54.6 Å². The summed E-state index contributed by atoms with van der Waals surface area (Å²) in [6, 6.07) is 11.4. The number of benzene rings is 1. The van der Waals surface area contributed by atoms with Gasteiger partial charge in [0.1, 0.15) is 18.3 Å². The Morgan fingerprint density at radius 3 is 2.39 bits per heavy atom. The van der Waals surface area contributed by atoms with Crippen molar-refractivity contribution in [3.05, 3.63) is 54.4 Å². The number of carbonyl (C=O) groups is 1. The van der Waals surface area contributed by atoms with Crippen molar-refractivity contribution in [2.75, 3.05) is 14.1 Å². The molecule has 1 aromatic heterocycles. The van der Waals surface area contributed by atoms with E-state index in [0.29, 0.717) is 5.69 Å². The van der Waals surface area contributed by atoms with E-state index in [4.69, 9.17) is 14.2 Å². The molecule has 0 radical (unpaired) electrons. The van der Waals surface area contributed by atoms with Gasteiger partial charge in [0, 0.05) is 17.5 Å². The summed E-state index contributed by atoms with van der Waals surface area (Å²) in [6.07, 6.45) is -3.52. The highest BCUT2D eigenvalue weighted by molar-refractivity contribution is 5.78. The Morgan fingerprint density at radius 1 is 1.00 bits per heavy atom. The molecule has 11 heteroatoms. The quantitative estimate of drug-likeness (QED) is 0.284. The zero-order chi connectivity index (χ0) is 27.0. The summed E-state index contributed by atoms with van der Waals surface area (Å²) in [7, 11) is 3.29. The molecule has 3 heterocycles. The second kappa shape index (κ2) is 10.9. The van der Waals surface area contributed by atoms with Gasteiger partial charge in [0.05, 0.1) is 36.8 Å². The van der Waals surface area contributed by atoms with Crippen LogP contribution in [-0.4, -0.2) is 101 Å². The summed E-state index contributed by atoms with van der Waals surface area (Å²) in [5.41, 5.74) is 2.56. The molecule has 1 saturated carbocycles. The summed E-state index contributed by atoms with van der Waals surface area (Å²) in [5.74, 6) is -2.37. The zero-order valence-corrected chi connectivity index (χ0v) is 21.7. The summed E-state index contributed by atoms with van der Waals surface area (Å²) in [4.78, 5) is 17.5. The van der Waals surface area contributed by atoms with E-state index in [9.17, 15) is 20.1 Å². The lowest BCUT2D eigenvalue weighted by molar-refractivity contribution is -0.449. The van der Waals surface area contributed by atoms with Crippen molar-refractivity contribution in [2.24, 2.45) is 0 Å². The van der Waals surface area contributed by atoms with Crippen molar-refractivity contribution < 1.29 is 34.3 Å². The molecule has 6 N–H and O–H groups in total. The van der Waals surface area contributed by atoms with Crippen LogP contribution >= 0.6 is 0 Å². The van der Waals surface area contributed by atoms with E-state index in [1.807, 2.05) is 43.3 Å². The molecule has 38 heavy (non-hydrogen) atoms. The van der Waals surface area contributed by atoms with Gasteiger partial charge in [0.2, 0.25) is 18.0 Å². The van der Waals surface area contributed by atoms with E-state index in [0.717, 1.165) is 11.1 Å². The zero-order valence-electron chi connectivity index (χ0n) is 21.7. The van der Waals surface area contributed by atoms with Gasteiger partial charge in [-0.2, -0.15) is 0 Å². The number of aliphatic hydroxyl groups excluding tert-OH is 2. The molecule has 0 spiro atoms. The van der Waals surface area contributed by atoms with Gasteiger partial charge in [-0.05, 0) is 39.1 Å². The number of nitrogens with zero attached hydrogens (tertiary/aromatic N) is 1. The van der Waals surface area contributed by atoms with Crippen LogP contribution in [0.4, 0.5) is 0 Å². The molecule has 10 atom stereocenters. The van der Waals surface area contributed by atoms with Crippen molar-refractivity contribution in [3.63, 3.8) is 0 Å². The second-order valence-corrected chi connectivity index (χ2v) is 10.3. The van der Waals surface area contributed by atoms with Crippen molar-refractivity contribution in [1.29, 1.82) is 0 Å². The van der Waals surface area contributed by atoms with Crippen LogP contribution in [-0.2, 0) is 25.4 Å². The number of fused-ring (bicyclic) bond motifs is 2. The van der Waals surface area contributed by atoms with Gasteiger partial charge in [-0.25, -0.2) is 0 Å². The van der Waals surface area contributed by atoms with Crippen LogP contribution in [0, 0.1) is 0 Å². The SMILES string of the molecule is CN[C@@H]1[C@H](O)[C@H](NC)C2O[C@]3(O)C(OC2[C@H]1O)O[C@H](C)C[C@H]3NC(=O)Cc1ccc(-c2ccccc2)cn1. The average Bonchev–Trinajstić information content (AvgIpc) is 2.90. The Morgan fingerprint density at radius 2 is 1.74 bits per heavy atom. The minimum atomic E-state index is -2.03. The van der Waals surface area contributed by atoms with E-state index in [1.54, 1.807) is 26.4 Å². The normalized spacial score (nSPS) is 38.6. The monoisotopic (exact) mass is 528 g/mol. The Hall–Kier alpha value is -2.48. The summed E-state index contributed by atoms with van der Waals surface area (Å²) in [6.45, 7) is 1.81. The van der Waals surface area contributed by atoms with Crippen LogP contribution in [0.2, 0.25) is 0 Å². The molecule has 5 rings (SSSR count). The van der Waals surface area contributed by atoms with E-state index in [2.05, 4.69) is 20.9 Å². The van der Waals surface area contributed by atoms with Crippen molar-refractivity contribution in [2.45, 2.75) is 80.5 Å². The van der Waals surface area contributed by atoms with Gasteiger partial charge in [0.25, 0.3) is 0 Å². The van der Waals surface area contributed by atoms with E-state index in [-0.39, 0.29) is 24.9 Å². The maximum Gasteiger partial charge on any atom is 0.239 e. The number of aromatic nitrogens is 1. The summed E-state index contributed by atoms with van der Waals surface area (Å²) in [5, 5.41) is 42.2. The Balaban J connectivity index is 1.31. The topological polar surface area (TPSA) is 154 Å².